The number of carbonyl (C=O) groups is 1. The van der Waals surface area contributed by atoms with E-state index in [0.29, 0.717) is 6.42 Å². The van der Waals surface area contributed by atoms with Crippen LogP contribution in [0.25, 0.3) is 0 Å². The van der Waals surface area contributed by atoms with Crippen molar-refractivity contribution in [1.29, 1.82) is 0 Å². The molecule has 0 aliphatic rings. The maximum absolute atomic E-state index is 11.5. The summed E-state index contributed by atoms with van der Waals surface area (Å²) in [7, 11) is -3.68. The van der Waals surface area contributed by atoms with Crippen LogP contribution >= 0.6 is 0 Å². The molecule has 138 valence electrons. The fourth-order valence-corrected chi connectivity index (χ4v) is 3.16. The van der Waals surface area contributed by atoms with Crippen molar-refractivity contribution in [2.75, 3.05) is 5.75 Å². The molecule has 0 aromatic carbocycles. The Bertz CT molecular complexity index is 419. The Kier molecular flexibility index (Phi) is 19.7. The van der Waals surface area contributed by atoms with Gasteiger partial charge in [0.05, 0.1) is 5.75 Å². The fraction of sp³-hybridized carbons (Fsp3) is 0.824. The number of unbranched alkanes of at least 4 members (excludes halogenated alkanes) is 11. The summed E-state index contributed by atoms with van der Waals surface area (Å²) in [5, 5.41) is 0. The van der Waals surface area contributed by atoms with E-state index < -0.39 is 16.0 Å². The van der Waals surface area contributed by atoms with E-state index in [1.54, 1.807) is 0 Å². The van der Waals surface area contributed by atoms with Gasteiger partial charge in [-0.1, -0.05) is 84.1 Å². The van der Waals surface area contributed by atoms with E-state index in [1.807, 2.05) is 5.48 Å². The first kappa shape index (κ1) is 26.4. The van der Waals surface area contributed by atoms with Gasteiger partial charge in [-0.2, -0.15) is 8.42 Å². The summed E-state index contributed by atoms with van der Waals surface area (Å²) in [6.45, 7) is 5.44. The van der Waals surface area contributed by atoms with Gasteiger partial charge in [0.25, 0.3) is 16.0 Å². The molecule has 0 heterocycles. The molecule has 0 radical (unpaired) electrons. The number of carbonyl (C=O) groups excluding carboxylic acids is 1. The molecular formula is C17H34NNaO4S. The summed E-state index contributed by atoms with van der Waals surface area (Å²) in [6.07, 6.45) is 15.1. The van der Waals surface area contributed by atoms with Gasteiger partial charge in [0.1, 0.15) is 0 Å². The van der Waals surface area contributed by atoms with E-state index >= 15 is 0 Å². The van der Waals surface area contributed by atoms with Gasteiger partial charge in [-0.05, 0) is 12.5 Å². The molecule has 0 saturated carbocycles. The Morgan fingerprint density at radius 2 is 1.38 bits per heavy atom. The summed E-state index contributed by atoms with van der Waals surface area (Å²) < 4.78 is 27.3. The van der Waals surface area contributed by atoms with E-state index in [4.69, 9.17) is 0 Å². The SMILES string of the molecule is C=CC(=O)NOS(=O)(=O)CCCCCCCCCCCCCC.[H-].[Na+]. The minimum atomic E-state index is -3.68. The summed E-state index contributed by atoms with van der Waals surface area (Å²) in [6, 6.07) is 0. The molecule has 0 rings (SSSR count). The Hall–Kier alpha value is 0.120. The van der Waals surface area contributed by atoms with E-state index in [2.05, 4.69) is 17.8 Å². The molecule has 0 aliphatic heterocycles. The van der Waals surface area contributed by atoms with Crippen LogP contribution in [0.1, 0.15) is 85.4 Å². The minimum absolute atomic E-state index is 0. The Morgan fingerprint density at radius 1 is 0.958 bits per heavy atom. The minimum Gasteiger partial charge on any atom is -1.00 e. The molecule has 0 aromatic heterocycles. The number of amides is 1. The molecule has 0 saturated heterocycles. The van der Waals surface area contributed by atoms with Crippen LogP contribution in [-0.4, -0.2) is 20.1 Å². The second kappa shape index (κ2) is 17.9. The van der Waals surface area contributed by atoms with Crippen molar-refractivity contribution < 1.29 is 48.5 Å². The Balaban J connectivity index is -0.00000242. The molecule has 0 aliphatic carbocycles. The normalized spacial score (nSPS) is 10.9. The monoisotopic (exact) mass is 371 g/mol. The van der Waals surface area contributed by atoms with E-state index in [1.165, 1.54) is 51.4 Å². The first-order valence-electron chi connectivity index (χ1n) is 8.85. The number of rotatable bonds is 16. The zero-order valence-electron chi connectivity index (χ0n) is 16.5. The third-order valence-electron chi connectivity index (χ3n) is 3.70. The average Bonchev–Trinajstić information content (AvgIpc) is 2.53. The molecule has 7 heteroatoms. The van der Waals surface area contributed by atoms with Crippen LogP contribution in [0.15, 0.2) is 12.7 Å². The Morgan fingerprint density at radius 3 is 1.79 bits per heavy atom. The van der Waals surface area contributed by atoms with Gasteiger partial charge in [-0.3, -0.25) is 4.79 Å². The van der Waals surface area contributed by atoms with E-state index in [9.17, 15) is 13.2 Å². The molecule has 0 aromatic rings. The smallest absolute Gasteiger partial charge is 1.00 e. The maximum Gasteiger partial charge on any atom is 1.00 e. The van der Waals surface area contributed by atoms with Gasteiger partial charge in [0.2, 0.25) is 0 Å². The van der Waals surface area contributed by atoms with Crippen molar-refractivity contribution in [3.05, 3.63) is 12.7 Å². The zero-order chi connectivity index (χ0) is 17.4. The average molecular weight is 372 g/mol. The zero-order valence-corrected chi connectivity index (χ0v) is 18.3. The first-order chi connectivity index (χ1) is 11.0. The van der Waals surface area contributed by atoms with E-state index in [0.717, 1.165) is 25.3 Å². The van der Waals surface area contributed by atoms with Crippen molar-refractivity contribution in [2.24, 2.45) is 0 Å². The standard InChI is InChI=1S/C17H33NO4S.Na.H/c1-3-5-6-7-8-9-10-11-12-13-14-15-16-23(20,21)22-18-17(19)4-2;;/h4H,2-3,5-16H2,1H3,(H,18,19);;/q;+1;-1. The predicted molar refractivity (Wildman–Crippen MR) is 95.4 cm³/mol. The van der Waals surface area contributed by atoms with E-state index in [-0.39, 0.29) is 36.7 Å². The summed E-state index contributed by atoms with van der Waals surface area (Å²) in [5.41, 5.74) is 1.82. The van der Waals surface area contributed by atoms with Crippen LogP contribution in [0.4, 0.5) is 0 Å². The fourth-order valence-electron chi connectivity index (χ4n) is 2.31. The number of hydrogen-bond acceptors (Lipinski definition) is 4. The third-order valence-corrected chi connectivity index (χ3v) is 4.83. The molecule has 24 heavy (non-hydrogen) atoms. The first-order valence-corrected chi connectivity index (χ1v) is 10.4. The molecule has 0 fully saturated rings. The molecule has 0 unspecified atom stereocenters. The molecule has 0 atom stereocenters. The third kappa shape index (κ3) is 18.5. The molecule has 5 nitrogen and oxygen atoms in total. The van der Waals surface area contributed by atoms with Crippen LogP contribution in [-0.2, 0) is 19.2 Å². The molecular weight excluding hydrogens is 337 g/mol. The maximum atomic E-state index is 11.5. The summed E-state index contributed by atoms with van der Waals surface area (Å²) >= 11 is 0. The molecule has 1 N–H and O–H groups in total. The largest absolute Gasteiger partial charge is 1.00 e. The second-order valence-electron chi connectivity index (χ2n) is 5.90. The summed E-state index contributed by atoms with van der Waals surface area (Å²) in [4.78, 5) is 10.8. The second-order valence-corrected chi connectivity index (χ2v) is 7.59. The van der Waals surface area contributed by atoms with Gasteiger partial charge < -0.3 is 1.43 Å². The number of hydroxylamine groups is 1. The quantitative estimate of drug-likeness (QED) is 0.192. The van der Waals surface area contributed by atoms with Crippen LogP contribution < -0.4 is 35.0 Å². The van der Waals surface area contributed by atoms with Gasteiger partial charge >= 0.3 is 29.6 Å². The molecule has 1 amide bonds. The van der Waals surface area contributed by atoms with Crippen molar-refractivity contribution in [3.8, 4) is 0 Å². The number of hydrogen-bond donors (Lipinski definition) is 1. The number of nitrogens with one attached hydrogen (secondary N) is 1. The Labute approximate surface area is 171 Å². The van der Waals surface area contributed by atoms with Gasteiger partial charge in [-0.15, -0.1) is 4.28 Å². The van der Waals surface area contributed by atoms with Crippen LogP contribution in [0, 0.1) is 0 Å². The predicted octanol–water partition coefficient (Wildman–Crippen LogP) is 1.37. The van der Waals surface area contributed by atoms with Gasteiger partial charge in [0.15, 0.2) is 0 Å². The van der Waals surface area contributed by atoms with Crippen molar-refractivity contribution in [3.63, 3.8) is 0 Å². The summed E-state index contributed by atoms with van der Waals surface area (Å²) in [5.74, 6) is -0.731. The van der Waals surface area contributed by atoms with Gasteiger partial charge in [0, 0.05) is 0 Å². The van der Waals surface area contributed by atoms with Crippen molar-refractivity contribution >= 4 is 16.0 Å². The van der Waals surface area contributed by atoms with Gasteiger partial charge in [-0.25, -0.2) is 5.48 Å². The van der Waals surface area contributed by atoms with Crippen LogP contribution in [0.5, 0.6) is 0 Å². The van der Waals surface area contributed by atoms with Crippen LogP contribution in [0.2, 0.25) is 0 Å². The molecule has 0 bridgehead atoms. The molecule has 0 spiro atoms. The van der Waals surface area contributed by atoms with Crippen molar-refractivity contribution in [2.45, 2.75) is 84.0 Å². The van der Waals surface area contributed by atoms with Crippen LogP contribution in [0.3, 0.4) is 0 Å². The van der Waals surface area contributed by atoms with Crippen molar-refractivity contribution in [1.82, 2.24) is 5.48 Å². The topological polar surface area (TPSA) is 72.5 Å².